The van der Waals surface area contributed by atoms with E-state index in [9.17, 15) is 27.6 Å². The maximum atomic E-state index is 12.8. The normalized spacial score (nSPS) is 25.4. The first-order valence-electron chi connectivity index (χ1n) is 9.05. The Kier molecular flexibility index (Phi) is 5.53. The molecule has 2 amide bonds. The topological polar surface area (TPSA) is 66.5 Å². The molecule has 1 aliphatic carbocycles. The molecule has 2 aliphatic rings. The molecule has 1 N–H and O–H groups in total. The maximum absolute atomic E-state index is 12.8. The van der Waals surface area contributed by atoms with Gasteiger partial charge in [-0.05, 0) is 49.9 Å². The third-order valence-electron chi connectivity index (χ3n) is 5.39. The molecule has 27 heavy (non-hydrogen) atoms. The lowest BCUT2D eigenvalue weighted by Crippen LogP contribution is -2.43. The molecule has 1 heterocycles. The molecule has 146 valence electrons. The third kappa shape index (κ3) is 4.14. The van der Waals surface area contributed by atoms with Gasteiger partial charge in [-0.1, -0.05) is 6.42 Å². The smallest absolute Gasteiger partial charge is 0.333 e. The van der Waals surface area contributed by atoms with Crippen molar-refractivity contribution in [1.82, 2.24) is 4.90 Å². The molecule has 0 bridgehead atoms. The number of amides is 2. The van der Waals surface area contributed by atoms with Gasteiger partial charge in [-0.15, -0.1) is 0 Å². The van der Waals surface area contributed by atoms with Crippen molar-refractivity contribution in [3.63, 3.8) is 0 Å². The Hall–Kier alpha value is -2.38. The van der Waals surface area contributed by atoms with Crippen molar-refractivity contribution >= 4 is 23.8 Å². The van der Waals surface area contributed by atoms with Crippen LogP contribution in [0.1, 0.15) is 37.7 Å². The van der Waals surface area contributed by atoms with Crippen LogP contribution in [0.3, 0.4) is 0 Å². The maximum Gasteiger partial charge on any atom is 0.416 e. The van der Waals surface area contributed by atoms with Crippen molar-refractivity contribution in [2.24, 2.45) is 11.8 Å². The number of alkyl halides is 3. The monoisotopic (exact) mass is 382 g/mol. The van der Waals surface area contributed by atoms with Crippen molar-refractivity contribution < 1.29 is 27.6 Å². The molecule has 1 aromatic carbocycles. The van der Waals surface area contributed by atoms with Crippen molar-refractivity contribution in [3.05, 3.63) is 29.8 Å². The quantitative estimate of drug-likeness (QED) is 0.813. The predicted molar refractivity (Wildman–Crippen MR) is 91.7 cm³/mol. The van der Waals surface area contributed by atoms with Gasteiger partial charge in [0, 0.05) is 24.1 Å². The minimum atomic E-state index is -4.43. The standard InChI is InChI=1S/C19H21F3N2O3/c20-19(21,22)12-6-8-13(9-7-12)23-17(26)15-4-1-5-16(15)18(27)24-10-2-3-14(24)11-25/h6-9,11,14-16H,1-5,10H2,(H,23,26). The Morgan fingerprint density at radius 3 is 2.33 bits per heavy atom. The first kappa shape index (κ1) is 19.4. The second-order valence-electron chi connectivity index (χ2n) is 7.09. The van der Waals surface area contributed by atoms with Gasteiger partial charge in [0.15, 0.2) is 0 Å². The molecule has 1 aliphatic heterocycles. The molecule has 3 atom stereocenters. The Bertz CT molecular complexity index is 718. The summed E-state index contributed by atoms with van der Waals surface area (Å²) in [5, 5.41) is 2.62. The molecule has 3 rings (SSSR count). The first-order valence-corrected chi connectivity index (χ1v) is 9.05. The molecule has 3 unspecified atom stereocenters. The van der Waals surface area contributed by atoms with E-state index in [0.29, 0.717) is 25.8 Å². The van der Waals surface area contributed by atoms with Gasteiger partial charge in [-0.3, -0.25) is 9.59 Å². The number of rotatable bonds is 4. The number of carbonyl (C=O) groups is 3. The van der Waals surface area contributed by atoms with Crippen LogP contribution in [0, 0.1) is 11.8 Å². The number of halogens is 3. The molecule has 0 aromatic heterocycles. The Balaban J connectivity index is 1.67. The van der Waals surface area contributed by atoms with Gasteiger partial charge in [-0.25, -0.2) is 0 Å². The van der Waals surface area contributed by atoms with Crippen LogP contribution in [0.5, 0.6) is 0 Å². The van der Waals surface area contributed by atoms with Crippen LogP contribution >= 0.6 is 0 Å². The van der Waals surface area contributed by atoms with Gasteiger partial charge in [0.2, 0.25) is 11.8 Å². The van der Waals surface area contributed by atoms with E-state index < -0.39 is 29.6 Å². The third-order valence-corrected chi connectivity index (χ3v) is 5.39. The van der Waals surface area contributed by atoms with Crippen molar-refractivity contribution in [2.45, 2.75) is 44.3 Å². The SMILES string of the molecule is O=CC1CCCN1C(=O)C1CCCC1C(=O)Nc1ccc(C(F)(F)F)cc1. The number of likely N-dealkylation sites (tertiary alicyclic amines) is 1. The fourth-order valence-electron chi connectivity index (χ4n) is 3.97. The fourth-order valence-corrected chi connectivity index (χ4v) is 3.97. The van der Waals surface area contributed by atoms with Crippen LogP contribution in [0.2, 0.25) is 0 Å². The molecule has 0 radical (unpaired) electrons. The number of aldehydes is 1. The average molecular weight is 382 g/mol. The van der Waals surface area contributed by atoms with Crippen molar-refractivity contribution in [2.75, 3.05) is 11.9 Å². The van der Waals surface area contributed by atoms with E-state index >= 15 is 0 Å². The van der Waals surface area contributed by atoms with E-state index in [-0.39, 0.29) is 17.5 Å². The van der Waals surface area contributed by atoms with E-state index in [2.05, 4.69) is 5.32 Å². The predicted octanol–water partition coefficient (Wildman–Crippen LogP) is 3.25. The number of anilines is 1. The fraction of sp³-hybridized carbons (Fsp3) is 0.526. The molecule has 0 spiro atoms. The number of carbonyl (C=O) groups excluding carboxylic acids is 3. The number of hydrogen-bond donors (Lipinski definition) is 1. The van der Waals surface area contributed by atoms with Crippen LogP contribution < -0.4 is 5.32 Å². The Morgan fingerprint density at radius 1 is 1.04 bits per heavy atom. The summed E-state index contributed by atoms with van der Waals surface area (Å²) in [5.41, 5.74) is -0.526. The molecule has 1 saturated heterocycles. The summed E-state index contributed by atoms with van der Waals surface area (Å²) >= 11 is 0. The van der Waals surface area contributed by atoms with E-state index in [0.717, 1.165) is 31.3 Å². The lowest BCUT2D eigenvalue weighted by molar-refractivity contribution is -0.141. The molecule has 1 aromatic rings. The lowest BCUT2D eigenvalue weighted by Gasteiger charge is -2.27. The number of nitrogens with zero attached hydrogens (tertiary/aromatic N) is 1. The van der Waals surface area contributed by atoms with Crippen LogP contribution in [0.15, 0.2) is 24.3 Å². The van der Waals surface area contributed by atoms with Gasteiger partial charge < -0.3 is 15.0 Å². The zero-order valence-electron chi connectivity index (χ0n) is 14.7. The van der Waals surface area contributed by atoms with Crippen LogP contribution in [-0.2, 0) is 20.6 Å². The van der Waals surface area contributed by atoms with E-state index in [1.165, 1.54) is 12.1 Å². The highest BCUT2D eigenvalue weighted by Gasteiger charge is 2.42. The largest absolute Gasteiger partial charge is 0.416 e. The molecule has 1 saturated carbocycles. The average Bonchev–Trinajstić information content (AvgIpc) is 3.30. The van der Waals surface area contributed by atoms with Crippen molar-refractivity contribution in [3.8, 4) is 0 Å². The van der Waals surface area contributed by atoms with E-state index in [1.807, 2.05) is 0 Å². The van der Waals surface area contributed by atoms with E-state index in [4.69, 9.17) is 0 Å². The summed E-state index contributed by atoms with van der Waals surface area (Å²) < 4.78 is 37.9. The summed E-state index contributed by atoms with van der Waals surface area (Å²) in [6.07, 6.45) is -0.405. The van der Waals surface area contributed by atoms with Gasteiger partial charge in [0.25, 0.3) is 0 Å². The Labute approximate surface area is 154 Å². The minimum absolute atomic E-state index is 0.172. The minimum Gasteiger partial charge on any atom is -0.333 e. The molecule has 8 heteroatoms. The van der Waals surface area contributed by atoms with Crippen LogP contribution in [0.4, 0.5) is 18.9 Å². The highest BCUT2D eigenvalue weighted by atomic mass is 19.4. The molecular weight excluding hydrogens is 361 g/mol. The van der Waals surface area contributed by atoms with Crippen molar-refractivity contribution in [1.29, 1.82) is 0 Å². The summed E-state index contributed by atoms with van der Waals surface area (Å²) in [6, 6.07) is 3.80. The van der Waals surface area contributed by atoms with Gasteiger partial charge in [0.1, 0.15) is 6.29 Å². The number of benzene rings is 1. The second-order valence-corrected chi connectivity index (χ2v) is 7.09. The zero-order valence-corrected chi connectivity index (χ0v) is 14.7. The van der Waals surface area contributed by atoms with Gasteiger partial charge >= 0.3 is 6.18 Å². The summed E-state index contributed by atoms with van der Waals surface area (Å²) in [7, 11) is 0. The zero-order chi connectivity index (χ0) is 19.6. The summed E-state index contributed by atoms with van der Waals surface area (Å²) in [6.45, 7) is 0.520. The number of nitrogens with one attached hydrogen (secondary N) is 1. The molecule has 2 fully saturated rings. The Morgan fingerprint density at radius 2 is 1.70 bits per heavy atom. The van der Waals surface area contributed by atoms with Gasteiger partial charge in [-0.2, -0.15) is 13.2 Å². The number of hydrogen-bond acceptors (Lipinski definition) is 3. The second kappa shape index (κ2) is 7.70. The lowest BCUT2D eigenvalue weighted by atomic mass is 9.93. The van der Waals surface area contributed by atoms with Crippen LogP contribution in [-0.4, -0.2) is 35.6 Å². The summed E-state index contributed by atoms with van der Waals surface area (Å²) in [4.78, 5) is 38.1. The highest BCUT2D eigenvalue weighted by molar-refractivity contribution is 5.96. The first-order chi connectivity index (χ1) is 12.8. The highest BCUT2D eigenvalue weighted by Crippen LogP contribution is 2.36. The molecule has 5 nitrogen and oxygen atoms in total. The summed E-state index contributed by atoms with van der Waals surface area (Å²) in [5.74, 6) is -1.56. The molecular formula is C19H21F3N2O3. The van der Waals surface area contributed by atoms with Gasteiger partial charge in [0.05, 0.1) is 11.6 Å². The van der Waals surface area contributed by atoms with E-state index in [1.54, 1.807) is 4.90 Å². The van der Waals surface area contributed by atoms with Crippen LogP contribution in [0.25, 0.3) is 0 Å².